The molecule has 2 N–H and O–H groups in total. The minimum absolute atomic E-state index is 0.0125. The second-order valence-corrected chi connectivity index (χ2v) is 5.94. The van der Waals surface area contributed by atoms with Gasteiger partial charge in [0.1, 0.15) is 0 Å². The molecule has 0 aliphatic heterocycles. The van der Waals surface area contributed by atoms with E-state index in [9.17, 15) is 5.11 Å². The molecule has 0 heterocycles. The van der Waals surface area contributed by atoms with Crippen molar-refractivity contribution in [2.24, 2.45) is 5.92 Å². The Kier molecular flexibility index (Phi) is 5.97. The van der Waals surface area contributed by atoms with Gasteiger partial charge in [0.15, 0.2) is 0 Å². The molecular formula is C19H25NO. The highest BCUT2D eigenvalue weighted by molar-refractivity contribution is 5.24. The molecule has 2 aromatic carbocycles. The van der Waals surface area contributed by atoms with Crippen LogP contribution in [-0.4, -0.2) is 11.7 Å². The summed E-state index contributed by atoms with van der Waals surface area (Å²) >= 11 is 0. The minimum Gasteiger partial charge on any atom is -0.394 e. The molecule has 2 rings (SSSR count). The molecule has 2 heteroatoms. The Morgan fingerprint density at radius 1 is 0.905 bits per heavy atom. The summed E-state index contributed by atoms with van der Waals surface area (Å²) < 4.78 is 0. The third kappa shape index (κ3) is 5.00. The molecule has 1 unspecified atom stereocenters. The number of nitrogens with one attached hydrogen (secondary N) is 1. The fraction of sp³-hybridized carbons (Fsp3) is 0.368. The van der Waals surface area contributed by atoms with Crippen LogP contribution in [0.5, 0.6) is 0 Å². The maximum absolute atomic E-state index is 9.54. The first kappa shape index (κ1) is 15.7. The van der Waals surface area contributed by atoms with Crippen LogP contribution in [0.1, 0.15) is 36.6 Å². The van der Waals surface area contributed by atoms with Crippen LogP contribution in [0.25, 0.3) is 0 Å². The maximum Gasteiger partial charge on any atom is 0.0626 e. The highest BCUT2D eigenvalue weighted by Crippen LogP contribution is 2.14. The van der Waals surface area contributed by atoms with E-state index in [1.807, 2.05) is 30.3 Å². The SMILES string of the molecule is CC(C)Cc1ccc(CNC(CO)c2ccccc2)cc1. The summed E-state index contributed by atoms with van der Waals surface area (Å²) in [6.45, 7) is 5.35. The molecule has 0 aliphatic carbocycles. The van der Waals surface area contributed by atoms with Gasteiger partial charge >= 0.3 is 0 Å². The minimum atomic E-state index is -0.0125. The van der Waals surface area contributed by atoms with Crippen molar-refractivity contribution in [3.8, 4) is 0 Å². The van der Waals surface area contributed by atoms with Crippen LogP contribution in [0.4, 0.5) is 0 Å². The lowest BCUT2D eigenvalue weighted by Gasteiger charge is -2.17. The summed E-state index contributed by atoms with van der Waals surface area (Å²) in [5.74, 6) is 0.686. The second-order valence-electron chi connectivity index (χ2n) is 5.94. The zero-order chi connectivity index (χ0) is 15.1. The Labute approximate surface area is 127 Å². The smallest absolute Gasteiger partial charge is 0.0626 e. The van der Waals surface area contributed by atoms with E-state index in [0.717, 1.165) is 18.5 Å². The van der Waals surface area contributed by atoms with Crippen molar-refractivity contribution < 1.29 is 5.11 Å². The molecule has 0 aromatic heterocycles. The van der Waals surface area contributed by atoms with E-state index < -0.39 is 0 Å². The van der Waals surface area contributed by atoms with E-state index in [-0.39, 0.29) is 12.6 Å². The summed E-state index contributed by atoms with van der Waals surface area (Å²) in [6.07, 6.45) is 1.12. The summed E-state index contributed by atoms with van der Waals surface area (Å²) in [6, 6.07) is 18.8. The lowest BCUT2D eigenvalue weighted by Crippen LogP contribution is -2.23. The molecule has 0 spiro atoms. The predicted molar refractivity (Wildman–Crippen MR) is 88.1 cm³/mol. The van der Waals surface area contributed by atoms with Crippen LogP contribution in [0.2, 0.25) is 0 Å². The number of rotatable bonds is 7. The lowest BCUT2D eigenvalue weighted by molar-refractivity contribution is 0.243. The molecule has 0 aliphatic rings. The van der Waals surface area contributed by atoms with Crippen LogP contribution >= 0.6 is 0 Å². The second kappa shape index (κ2) is 7.96. The van der Waals surface area contributed by atoms with Crippen molar-refractivity contribution in [1.29, 1.82) is 0 Å². The number of aliphatic hydroxyl groups excluding tert-OH is 1. The van der Waals surface area contributed by atoms with Crippen molar-refractivity contribution in [1.82, 2.24) is 5.32 Å². The van der Waals surface area contributed by atoms with Crippen molar-refractivity contribution >= 4 is 0 Å². The summed E-state index contributed by atoms with van der Waals surface area (Å²) in [5, 5.41) is 13.0. The van der Waals surface area contributed by atoms with Gasteiger partial charge in [0, 0.05) is 6.54 Å². The molecule has 0 fully saturated rings. The standard InChI is InChI=1S/C19H25NO/c1-15(2)12-16-8-10-17(11-9-16)13-20-19(14-21)18-6-4-3-5-7-18/h3-11,15,19-21H,12-14H2,1-2H3. The van der Waals surface area contributed by atoms with Gasteiger partial charge in [0.25, 0.3) is 0 Å². The van der Waals surface area contributed by atoms with E-state index in [4.69, 9.17) is 0 Å². The van der Waals surface area contributed by atoms with Gasteiger partial charge in [-0.25, -0.2) is 0 Å². The molecule has 0 amide bonds. The van der Waals surface area contributed by atoms with Gasteiger partial charge in [0.2, 0.25) is 0 Å². The Balaban J connectivity index is 1.92. The zero-order valence-corrected chi connectivity index (χ0v) is 12.9. The number of benzene rings is 2. The molecular weight excluding hydrogens is 258 g/mol. The highest BCUT2D eigenvalue weighted by atomic mass is 16.3. The molecule has 0 bridgehead atoms. The van der Waals surface area contributed by atoms with Crippen molar-refractivity contribution in [2.75, 3.05) is 6.61 Å². The number of hydrogen-bond donors (Lipinski definition) is 2. The third-order valence-electron chi connectivity index (χ3n) is 3.60. The fourth-order valence-electron chi connectivity index (χ4n) is 2.48. The van der Waals surface area contributed by atoms with Crippen molar-refractivity contribution in [3.05, 3.63) is 71.3 Å². The monoisotopic (exact) mass is 283 g/mol. The van der Waals surface area contributed by atoms with Gasteiger partial charge in [-0.05, 0) is 29.0 Å². The van der Waals surface area contributed by atoms with E-state index in [1.54, 1.807) is 0 Å². The summed E-state index contributed by atoms with van der Waals surface area (Å²) in [7, 11) is 0. The lowest BCUT2D eigenvalue weighted by atomic mass is 10.0. The van der Waals surface area contributed by atoms with Crippen molar-refractivity contribution in [2.45, 2.75) is 32.9 Å². The molecule has 0 radical (unpaired) electrons. The van der Waals surface area contributed by atoms with Gasteiger partial charge in [0.05, 0.1) is 12.6 Å². The number of hydrogen-bond acceptors (Lipinski definition) is 2. The summed E-state index contributed by atoms with van der Waals surface area (Å²) in [5.41, 5.74) is 3.75. The maximum atomic E-state index is 9.54. The van der Waals surface area contributed by atoms with Crippen LogP contribution in [0.3, 0.4) is 0 Å². The third-order valence-corrected chi connectivity index (χ3v) is 3.60. The first-order valence-corrected chi connectivity index (χ1v) is 7.66. The molecule has 0 saturated carbocycles. The van der Waals surface area contributed by atoms with Crippen LogP contribution in [-0.2, 0) is 13.0 Å². The molecule has 0 saturated heterocycles. The molecule has 112 valence electrons. The molecule has 2 nitrogen and oxygen atoms in total. The predicted octanol–water partition coefficient (Wildman–Crippen LogP) is 3.71. The largest absolute Gasteiger partial charge is 0.394 e. The van der Waals surface area contributed by atoms with E-state index in [0.29, 0.717) is 5.92 Å². The average Bonchev–Trinajstić information content (AvgIpc) is 2.50. The highest BCUT2D eigenvalue weighted by Gasteiger charge is 2.08. The van der Waals surface area contributed by atoms with E-state index in [2.05, 4.69) is 43.4 Å². The molecule has 21 heavy (non-hydrogen) atoms. The Morgan fingerprint density at radius 2 is 1.52 bits per heavy atom. The Hall–Kier alpha value is -1.64. The van der Waals surface area contributed by atoms with Crippen LogP contribution in [0.15, 0.2) is 54.6 Å². The van der Waals surface area contributed by atoms with Gasteiger partial charge in [-0.15, -0.1) is 0 Å². The number of aliphatic hydroxyl groups is 1. The first-order chi connectivity index (χ1) is 10.2. The van der Waals surface area contributed by atoms with Gasteiger partial charge < -0.3 is 10.4 Å². The van der Waals surface area contributed by atoms with Gasteiger partial charge in [-0.3, -0.25) is 0 Å². The summed E-state index contributed by atoms with van der Waals surface area (Å²) in [4.78, 5) is 0. The topological polar surface area (TPSA) is 32.3 Å². The first-order valence-electron chi connectivity index (χ1n) is 7.66. The molecule has 2 aromatic rings. The van der Waals surface area contributed by atoms with Gasteiger partial charge in [-0.1, -0.05) is 68.4 Å². The Bertz CT molecular complexity index is 519. The van der Waals surface area contributed by atoms with E-state index >= 15 is 0 Å². The molecule has 1 atom stereocenters. The van der Waals surface area contributed by atoms with Crippen LogP contribution in [0, 0.1) is 5.92 Å². The zero-order valence-electron chi connectivity index (χ0n) is 12.9. The normalized spacial score (nSPS) is 12.6. The van der Waals surface area contributed by atoms with Crippen LogP contribution < -0.4 is 5.32 Å². The van der Waals surface area contributed by atoms with Crippen molar-refractivity contribution in [3.63, 3.8) is 0 Å². The fourth-order valence-corrected chi connectivity index (χ4v) is 2.48. The quantitative estimate of drug-likeness (QED) is 0.812. The average molecular weight is 283 g/mol. The van der Waals surface area contributed by atoms with Gasteiger partial charge in [-0.2, -0.15) is 0 Å². The Morgan fingerprint density at radius 3 is 2.10 bits per heavy atom. The van der Waals surface area contributed by atoms with E-state index in [1.165, 1.54) is 11.1 Å².